The number of hydrogen-bond acceptors (Lipinski definition) is 1. The van der Waals surface area contributed by atoms with Gasteiger partial charge in [-0.3, -0.25) is 0 Å². The second kappa shape index (κ2) is 12.7. The highest BCUT2D eigenvalue weighted by Crippen LogP contribution is 2.16. The van der Waals surface area contributed by atoms with Gasteiger partial charge in [0.15, 0.2) is 0 Å². The van der Waals surface area contributed by atoms with Crippen LogP contribution in [0.3, 0.4) is 0 Å². The summed E-state index contributed by atoms with van der Waals surface area (Å²) >= 11 is 0. The lowest BCUT2D eigenvalue weighted by Gasteiger charge is -2.09. The first-order valence-electron chi connectivity index (χ1n) is 5.92. The van der Waals surface area contributed by atoms with Gasteiger partial charge in [0.1, 0.15) is 0 Å². The van der Waals surface area contributed by atoms with Crippen LogP contribution in [-0.2, 0) is 0 Å². The van der Waals surface area contributed by atoms with E-state index >= 15 is 0 Å². The summed E-state index contributed by atoms with van der Waals surface area (Å²) in [5.41, 5.74) is 0. The number of unbranched alkanes of at least 4 members (excludes halogenated alkanes) is 4. The molecular formula is C13H29N. The topological polar surface area (TPSA) is 35.0 Å². The van der Waals surface area contributed by atoms with E-state index in [0.717, 1.165) is 5.92 Å². The fourth-order valence-corrected chi connectivity index (χ4v) is 1.66. The van der Waals surface area contributed by atoms with Gasteiger partial charge in [-0.05, 0) is 18.8 Å². The number of rotatable bonds is 9. The summed E-state index contributed by atoms with van der Waals surface area (Å²) in [5.74, 6) is 0.948. The summed E-state index contributed by atoms with van der Waals surface area (Å²) in [7, 11) is 0. The Hall–Kier alpha value is -0.300. The molecule has 0 aliphatic rings. The summed E-state index contributed by atoms with van der Waals surface area (Å²) in [5, 5.41) is 0. The Labute approximate surface area is 90.6 Å². The zero-order valence-corrected chi connectivity index (χ0v) is 10.2. The summed E-state index contributed by atoms with van der Waals surface area (Å²) in [4.78, 5) is 0. The Kier molecular flexibility index (Phi) is 14.6. The van der Waals surface area contributed by atoms with Gasteiger partial charge in [0.05, 0.1) is 0 Å². The van der Waals surface area contributed by atoms with Crippen molar-refractivity contribution in [2.45, 2.75) is 65.2 Å². The van der Waals surface area contributed by atoms with Gasteiger partial charge in [-0.25, -0.2) is 0 Å². The molecule has 3 N–H and O–H groups in total. The van der Waals surface area contributed by atoms with Crippen LogP contribution in [0.5, 0.6) is 0 Å². The van der Waals surface area contributed by atoms with Crippen LogP contribution >= 0.6 is 0 Å². The smallest absolute Gasteiger partial charge is 0.0353 e. The van der Waals surface area contributed by atoms with Gasteiger partial charge in [0.25, 0.3) is 0 Å². The number of hydrogen-bond donors (Lipinski definition) is 1. The third kappa shape index (κ3) is 11.7. The standard InChI is InChI=1S/C13H26.H3N/c1-4-6-8-9-10-12-13(3)11-7-5-2;/h4,13H,1,5-12H2,2-3H3;1H3. The van der Waals surface area contributed by atoms with Gasteiger partial charge in [-0.2, -0.15) is 0 Å². The van der Waals surface area contributed by atoms with Crippen LogP contribution in [0.15, 0.2) is 12.7 Å². The fourth-order valence-electron chi connectivity index (χ4n) is 1.66. The molecule has 14 heavy (non-hydrogen) atoms. The van der Waals surface area contributed by atoms with Crippen molar-refractivity contribution in [3.63, 3.8) is 0 Å². The molecule has 0 aromatic heterocycles. The van der Waals surface area contributed by atoms with E-state index in [1.54, 1.807) is 0 Å². The molecule has 0 bridgehead atoms. The van der Waals surface area contributed by atoms with E-state index in [0.29, 0.717) is 0 Å². The normalized spacial score (nSPS) is 11.9. The van der Waals surface area contributed by atoms with Gasteiger partial charge in [0.2, 0.25) is 0 Å². The SMILES string of the molecule is C=CCCCCCC(C)CCCC.N. The van der Waals surface area contributed by atoms with Crippen molar-refractivity contribution >= 4 is 0 Å². The molecule has 0 aliphatic carbocycles. The summed E-state index contributed by atoms with van der Waals surface area (Å²) < 4.78 is 0. The van der Waals surface area contributed by atoms with E-state index in [1.165, 1.54) is 51.4 Å². The summed E-state index contributed by atoms with van der Waals surface area (Å²) in [6.07, 6.45) is 13.0. The van der Waals surface area contributed by atoms with Crippen molar-refractivity contribution in [3.8, 4) is 0 Å². The molecule has 0 amide bonds. The Bertz CT molecular complexity index is 110. The second-order valence-electron chi connectivity index (χ2n) is 4.17. The van der Waals surface area contributed by atoms with Crippen LogP contribution < -0.4 is 6.15 Å². The molecule has 1 atom stereocenters. The minimum Gasteiger partial charge on any atom is -0.344 e. The average molecular weight is 199 g/mol. The molecule has 0 heterocycles. The van der Waals surface area contributed by atoms with E-state index < -0.39 is 0 Å². The van der Waals surface area contributed by atoms with Crippen molar-refractivity contribution in [1.29, 1.82) is 0 Å². The number of allylic oxidation sites excluding steroid dienone is 1. The zero-order chi connectivity index (χ0) is 9.94. The van der Waals surface area contributed by atoms with Gasteiger partial charge < -0.3 is 6.15 Å². The fraction of sp³-hybridized carbons (Fsp3) is 0.846. The Balaban J connectivity index is 0. The Morgan fingerprint density at radius 2 is 1.71 bits per heavy atom. The van der Waals surface area contributed by atoms with Gasteiger partial charge >= 0.3 is 0 Å². The molecule has 0 saturated carbocycles. The zero-order valence-electron chi connectivity index (χ0n) is 10.2. The maximum Gasteiger partial charge on any atom is -0.0353 e. The van der Waals surface area contributed by atoms with Crippen LogP contribution in [0.4, 0.5) is 0 Å². The van der Waals surface area contributed by atoms with Crippen molar-refractivity contribution in [3.05, 3.63) is 12.7 Å². The summed E-state index contributed by atoms with van der Waals surface area (Å²) in [6, 6.07) is 0. The van der Waals surface area contributed by atoms with Gasteiger partial charge in [-0.15, -0.1) is 6.58 Å². The highest BCUT2D eigenvalue weighted by atomic mass is 14.1. The molecule has 0 aromatic rings. The molecule has 0 radical (unpaired) electrons. The minimum atomic E-state index is 0. The maximum absolute atomic E-state index is 3.73. The molecule has 0 rings (SSSR count). The van der Waals surface area contributed by atoms with E-state index in [-0.39, 0.29) is 6.15 Å². The monoisotopic (exact) mass is 199 g/mol. The van der Waals surface area contributed by atoms with Crippen molar-refractivity contribution in [2.75, 3.05) is 0 Å². The van der Waals surface area contributed by atoms with Gasteiger partial charge in [0, 0.05) is 0 Å². The average Bonchev–Trinajstić information content (AvgIpc) is 2.14. The largest absolute Gasteiger partial charge is 0.344 e. The van der Waals surface area contributed by atoms with Crippen LogP contribution in [0, 0.1) is 5.92 Å². The lowest BCUT2D eigenvalue weighted by molar-refractivity contribution is 0.446. The van der Waals surface area contributed by atoms with Crippen LogP contribution in [0.1, 0.15) is 65.2 Å². The predicted octanol–water partition coefficient (Wildman–Crippen LogP) is 5.11. The molecule has 0 aromatic carbocycles. The van der Waals surface area contributed by atoms with Crippen LogP contribution in [0.2, 0.25) is 0 Å². The van der Waals surface area contributed by atoms with Crippen LogP contribution in [0.25, 0.3) is 0 Å². The highest BCUT2D eigenvalue weighted by molar-refractivity contribution is 4.65. The molecule has 0 fully saturated rings. The highest BCUT2D eigenvalue weighted by Gasteiger charge is 2.00. The lowest BCUT2D eigenvalue weighted by Crippen LogP contribution is -1.94. The van der Waals surface area contributed by atoms with Gasteiger partial charge in [-0.1, -0.05) is 58.4 Å². The second-order valence-corrected chi connectivity index (χ2v) is 4.17. The molecular weight excluding hydrogens is 170 g/mol. The molecule has 0 saturated heterocycles. The van der Waals surface area contributed by atoms with Crippen molar-refractivity contribution in [1.82, 2.24) is 6.15 Å². The lowest BCUT2D eigenvalue weighted by atomic mass is 9.97. The first-order valence-corrected chi connectivity index (χ1v) is 5.92. The quantitative estimate of drug-likeness (QED) is 0.406. The summed E-state index contributed by atoms with van der Waals surface area (Å²) in [6.45, 7) is 8.40. The maximum atomic E-state index is 3.73. The van der Waals surface area contributed by atoms with E-state index in [2.05, 4.69) is 20.4 Å². The minimum absolute atomic E-state index is 0. The Morgan fingerprint density at radius 3 is 2.29 bits per heavy atom. The first kappa shape index (κ1) is 16.1. The third-order valence-corrected chi connectivity index (χ3v) is 2.66. The van der Waals surface area contributed by atoms with Crippen LogP contribution in [-0.4, -0.2) is 0 Å². The van der Waals surface area contributed by atoms with E-state index in [9.17, 15) is 0 Å². The molecule has 1 heteroatoms. The molecule has 1 nitrogen and oxygen atoms in total. The molecule has 0 spiro atoms. The Morgan fingerprint density at radius 1 is 1.07 bits per heavy atom. The first-order chi connectivity index (χ1) is 6.31. The van der Waals surface area contributed by atoms with E-state index in [4.69, 9.17) is 0 Å². The molecule has 86 valence electrons. The van der Waals surface area contributed by atoms with Crippen molar-refractivity contribution in [2.24, 2.45) is 5.92 Å². The third-order valence-electron chi connectivity index (χ3n) is 2.66. The van der Waals surface area contributed by atoms with E-state index in [1.807, 2.05) is 6.08 Å². The van der Waals surface area contributed by atoms with Crippen molar-refractivity contribution < 1.29 is 0 Å². The predicted molar refractivity (Wildman–Crippen MR) is 67.0 cm³/mol. The molecule has 0 aliphatic heterocycles. The molecule has 1 unspecified atom stereocenters.